The highest BCUT2D eigenvalue weighted by Gasteiger charge is 2.22. The van der Waals surface area contributed by atoms with Gasteiger partial charge in [0.15, 0.2) is 0 Å². The van der Waals surface area contributed by atoms with Gasteiger partial charge in [-0.3, -0.25) is 4.90 Å². The Morgan fingerprint density at radius 3 is 1.80 bits per heavy atom. The summed E-state index contributed by atoms with van der Waals surface area (Å²) in [5.74, 6) is 0.475. The van der Waals surface area contributed by atoms with E-state index in [4.69, 9.17) is 5.11 Å². The lowest BCUT2D eigenvalue weighted by Gasteiger charge is -2.34. The number of para-hydroxylation sites is 1. The van der Waals surface area contributed by atoms with Crippen LogP contribution in [0.2, 0.25) is 0 Å². The number of aliphatic hydroxyl groups is 1. The molecular formula is C50H74N4O. The highest BCUT2D eigenvalue weighted by molar-refractivity contribution is 5.85. The van der Waals surface area contributed by atoms with Crippen LogP contribution in [0.15, 0.2) is 98.1 Å². The quantitative estimate of drug-likeness (QED) is 0.122. The summed E-state index contributed by atoms with van der Waals surface area (Å²) in [7, 11) is 4.32. The topological polar surface area (TPSA) is 34.9 Å². The SMILES string of the molecule is C=CC=C.CC.CC.CN(C)CCCn1c2c(c3ccccc31)CCCCC2.OCCN1CCN(CCCC2c3ccccc3C=Cc3ccccc32)CC1. The number of aliphatic hydroxyl groups excluding tert-OH is 1. The van der Waals surface area contributed by atoms with E-state index in [1.165, 1.54) is 97.6 Å². The molecule has 2 heterocycles. The monoisotopic (exact) mass is 747 g/mol. The zero-order valence-corrected chi connectivity index (χ0v) is 35.5. The predicted molar refractivity (Wildman–Crippen MR) is 242 cm³/mol. The lowest BCUT2D eigenvalue weighted by molar-refractivity contribution is 0.111. The second-order valence-corrected chi connectivity index (χ2v) is 14.5. The van der Waals surface area contributed by atoms with Crippen LogP contribution in [-0.4, -0.2) is 90.9 Å². The van der Waals surface area contributed by atoms with Crippen LogP contribution in [0.5, 0.6) is 0 Å². The van der Waals surface area contributed by atoms with E-state index in [-0.39, 0.29) is 6.61 Å². The third-order valence-corrected chi connectivity index (χ3v) is 10.7. The molecule has 0 atom stereocenters. The molecule has 1 N–H and O–H groups in total. The Balaban J connectivity index is 0.000000256. The van der Waals surface area contributed by atoms with E-state index in [9.17, 15) is 0 Å². The van der Waals surface area contributed by atoms with Gasteiger partial charge >= 0.3 is 0 Å². The maximum atomic E-state index is 9.09. The minimum Gasteiger partial charge on any atom is -0.395 e. The number of hydrogen-bond acceptors (Lipinski definition) is 4. The molecule has 1 aromatic heterocycles. The van der Waals surface area contributed by atoms with Crippen molar-refractivity contribution in [3.05, 3.63) is 132 Å². The largest absolute Gasteiger partial charge is 0.395 e. The number of aryl methyl sites for hydroxylation is 2. The van der Waals surface area contributed by atoms with Crippen LogP contribution in [0.25, 0.3) is 23.1 Å². The number of fused-ring (bicyclic) bond motifs is 5. The summed E-state index contributed by atoms with van der Waals surface area (Å²) in [6.45, 7) is 23.7. The first-order valence-corrected chi connectivity index (χ1v) is 21.4. The summed E-state index contributed by atoms with van der Waals surface area (Å²) in [4.78, 5) is 7.23. The molecule has 0 saturated carbocycles. The molecular weight excluding hydrogens is 673 g/mol. The number of hydrogen-bond donors (Lipinski definition) is 1. The molecule has 0 unspecified atom stereocenters. The van der Waals surface area contributed by atoms with Gasteiger partial charge in [0.2, 0.25) is 0 Å². The van der Waals surface area contributed by atoms with E-state index in [0.29, 0.717) is 5.92 Å². The zero-order chi connectivity index (χ0) is 39.8. The van der Waals surface area contributed by atoms with Gasteiger partial charge in [0.1, 0.15) is 0 Å². The molecule has 300 valence electrons. The van der Waals surface area contributed by atoms with Gasteiger partial charge in [-0.25, -0.2) is 0 Å². The van der Waals surface area contributed by atoms with E-state index in [2.05, 4.69) is 131 Å². The summed E-state index contributed by atoms with van der Waals surface area (Å²) in [6.07, 6.45) is 18.1. The molecule has 5 nitrogen and oxygen atoms in total. The van der Waals surface area contributed by atoms with Crippen molar-refractivity contribution in [2.24, 2.45) is 0 Å². The lowest BCUT2D eigenvalue weighted by atomic mass is 9.84. The third-order valence-electron chi connectivity index (χ3n) is 10.7. The maximum Gasteiger partial charge on any atom is 0.0558 e. The number of allylic oxidation sites excluding steroid dienone is 2. The van der Waals surface area contributed by atoms with Gasteiger partial charge in [0, 0.05) is 61.8 Å². The Bertz CT molecular complexity index is 1640. The Morgan fingerprint density at radius 2 is 1.22 bits per heavy atom. The fourth-order valence-corrected chi connectivity index (χ4v) is 8.08. The summed E-state index contributed by atoms with van der Waals surface area (Å²) in [5.41, 5.74) is 10.4. The first-order chi connectivity index (χ1) is 27.0. The smallest absolute Gasteiger partial charge is 0.0558 e. The van der Waals surface area contributed by atoms with Crippen molar-refractivity contribution in [3.8, 4) is 0 Å². The van der Waals surface area contributed by atoms with E-state index in [1.54, 1.807) is 23.4 Å². The Morgan fingerprint density at radius 1 is 0.673 bits per heavy atom. The normalized spacial score (nSPS) is 15.1. The molecule has 0 spiro atoms. The van der Waals surface area contributed by atoms with E-state index in [1.807, 2.05) is 27.7 Å². The second kappa shape index (κ2) is 26.2. The highest BCUT2D eigenvalue weighted by atomic mass is 16.3. The minimum absolute atomic E-state index is 0.272. The second-order valence-electron chi connectivity index (χ2n) is 14.5. The molecule has 3 aromatic carbocycles. The molecule has 0 radical (unpaired) electrons. The average molecular weight is 747 g/mol. The van der Waals surface area contributed by atoms with Gasteiger partial charge in [-0.1, -0.05) is 138 Å². The van der Waals surface area contributed by atoms with Crippen molar-refractivity contribution in [2.45, 2.75) is 91.5 Å². The standard InChI is InChI=1S/C24H30N2O.C18H26N2.C4H6.2C2H6/c27-19-18-26-16-14-25(15-17-26)13-5-10-24-22-8-3-1-6-20(22)11-12-21-7-2-4-9-23(21)24;1-19(2)13-8-14-20-17-11-5-3-4-9-15(17)16-10-6-7-12-18(16)20;1-3-4-2;2*1-2/h1-4,6-9,11-12,24,27H,5,10,13-19H2;6-7,10,12H,3-5,8-9,11,13-14H2,1-2H3;3-4H,1-2H2;2*1-2H3. The Labute approximate surface area is 336 Å². The number of rotatable bonds is 11. The summed E-state index contributed by atoms with van der Waals surface area (Å²) >= 11 is 0. The lowest BCUT2D eigenvalue weighted by Crippen LogP contribution is -2.47. The van der Waals surface area contributed by atoms with Gasteiger partial charge in [0.05, 0.1) is 6.61 Å². The van der Waals surface area contributed by atoms with Crippen LogP contribution in [-0.2, 0) is 19.4 Å². The van der Waals surface area contributed by atoms with Crippen LogP contribution in [0.4, 0.5) is 0 Å². The van der Waals surface area contributed by atoms with Crippen molar-refractivity contribution < 1.29 is 5.11 Å². The first-order valence-electron chi connectivity index (χ1n) is 21.4. The molecule has 2 aliphatic carbocycles. The molecule has 1 aliphatic heterocycles. The molecule has 5 heteroatoms. The summed E-state index contributed by atoms with van der Waals surface area (Å²) in [5, 5.41) is 10.6. The molecule has 4 aromatic rings. The van der Waals surface area contributed by atoms with Gasteiger partial charge in [-0.05, 0) is 106 Å². The van der Waals surface area contributed by atoms with Crippen LogP contribution in [0.3, 0.4) is 0 Å². The minimum atomic E-state index is 0.272. The molecule has 55 heavy (non-hydrogen) atoms. The average Bonchev–Trinajstić information content (AvgIpc) is 3.37. The van der Waals surface area contributed by atoms with Crippen molar-refractivity contribution >= 4 is 23.1 Å². The Kier molecular flexibility index (Phi) is 21.7. The highest BCUT2D eigenvalue weighted by Crippen LogP contribution is 2.37. The van der Waals surface area contributed by atoms with Gasteiger partial charge in [-0.15, -0.1) is 0 Å². The number of aromatic nitrogens is 1. The number of nitrogens with zero attached hydrogens (tertiary/aromatic N) is 4. The maximum absolute atomic E-state index is 9.09. The van der Waals surface area contributed by atoms with Crippen LogP contribution >= 0.6 is 0 Å². The van der Waals surface area contributed by atoms with Crippen molar-refractivity contribution in [1.82, 2.24) is 19.3 Å². The predicted octanol–water partition coefficient (Wildman–Crippen LogP) is 11.0. The third kappa shape index (κ3) is 13.8. The van der Waals surface area contributed by atoms with Crippen molar-refractivity contribution in [2.75, 3.05) is 66.5 Å². The van der Waals surface area contributed by atoms with Crippen LogP contribution in [0.1, 0.15) is 106 Å². The van der Waals surface area contributed by atoms with Crippen molar-refractivity contribution in [3.63, 3.8) is 0 Å². The number of β-amino-alcohol motifs (C(OH)–C–C–N with tert-alkyl or cyclic N) is 1. The van der Waals surface area contributed by atoms with E-state index in [0.717, 1.165) is 39.3 Å². The molecule has 7 rings (SSSR count). The molecule has 3 aliphatic rings. The van der Waals surface area contributed by atoms with Crippen LogP contribution in [0, 0.1) is 0 Å². The summed E-state index contributed by atoms with van der Waals surface area (Å²) in [6, 6.07) is 26.7. The van der Waals surface area contributed by atoms with E-state index >= 15 is 0 Å². The molecule has 0 amide bonds. The Hall–Kier alpha value is -3.74. The van der Waals surface area contributed by atoms with Crippen LogP contribution < -0.4 is 0 Å². The summed E-state index contributed by atoms with van der Waals surface area (Å²) < 4.78 is 2.61. The fraction of sp³-hybridized carbons (Fsp3) is 0.480. The number of benzene rings is 3. The number of piperazine rings is 1. The molecule has 1 saturated heterocycles. The zero-order valence-electron chi connectivity index (χ0n) is 35.5. The van der Waals surface area contributed by atoms with Gasteiger partial charge in [-0.2, -0.15) is 0 Å². The van der Waals surface area contributed by atoms with Gasteiger partial charge in [0.25, 0.3) is 0 Å². The van der Waals surface area contributed by atoms with Crippen molar-refractivity contribution in [1.29, 1.82) is 0 Å². The molecule has 0 bridgehead atoms. The van der Waals surface area contributed by atoms with E-state index < -0.39 is 0 Å². The fourth-order valence-electron chi connectivity index (χ4n) is 8.08. The first kappa shape index (κ1) is 45.6. The van der Waals surface area contributed by atoms with Gasteiger partial charge < -0.3 is 19.5 Å². The molecule has 1 fully saturated rings.